The molecule has 3 nitrogen and oxygen atoms in total. The summed E-state index contributed by atoms with van der Waals surface area (Å²) in [6.07, 6.45) is 13.0. The number of likely N-dealkylation sites (N-methyl/N-ethyl adjacent to an activating group) is 1. The highest BCUT2D eigenvalue weighted by atomic mass is 15.2. The van der Waals surface area contributed by atoms with E-state index in [0.29, 0.717) is 0 Å². The Hall–Kier alpha value is -1.09. The molecule has 0 saturated heterocycles. The zero-order chi connectivity index (χ0) is 14.5. The van der Waals surface area contributed by atoms with Crippen LogP contribution >= 0.6 is 0 Å². The lowest BCUT2D eigenvalue weighted by Crippen LogP contribution is -2.36. The normalized spacial score (nSPS) is 19.6. The first kappa shape index (κ1) is 14.8. The number of pyridine rings is 1. The van der Waals surface area contributed by atoms with Crippen LogP contribution in [0.2, 0.25) is 0 Å². The smallest absolute Gasteiger partial charge is 0.132 e. The summed E-state index contributed by atoms with van der Waals surface area (Å²) in [5, 5.41) is 3.26. The summed E-state index contributed by atoms with van der Waals surface area (Å²) < 4.78 is 0. The molecular weight excluding hydrogens is 258 g/mol. The number of anilines is 1. The van der Waals surface area contributed by atoms with Gasteiger partial charge in [-0.15, -0.1) is 0 Å². The van der Waals surface area contributed by atoms with E-state index in [9.17, 15) is 0 Å². The van der Waals surface area contributed by atoms with Crippen LogP contribution in [0.15, 0.2) is 12.3 Å². The Morgan fingerprint density at radius 1 is 1.24 bits per heavy atom. The summed E-state index contributed by atoms with van der Waals surface area (Å²) in [6.45, 7) is 3.27. The van der Waals surface area contributed by atoms with Crippen molar-refractivity contribution in [2.75, 3.05) is 31.6 Å². The van der Waals surface area contributed by atoms with Crippen molar-refractivity contribution in [3.63, 3.8) is 0 Å². The van der Waals surface area contributed by atoms with E-state index in [0.717, 1.165) is 25.6 Å². The van der Waals surface area contributed by atoms with Gasteiger partial charge >= 0.3 is 0 Å². The second-order valence-electron chi connectivity index (χ2n) is 6.67. The molecule has 1 fully saturated rings. The Labute approximate surface area is 129 Å². The maximum Gasteiger partial charge on any atom is 0.132 e. The van der Waals surface area contributed by atoms with Crippen molar-refractivity contribution in [1.29, 1.82) is 0 Å². The van der Waals surface area contributed by atoms with Gasteiger partial charge in [0.05, 0.1) is 0 Å². The lowest BCUT2D eigenvalue weighted by Gasteiger charge is -2.32. The summed E-state index contributed by atoms with van der Waals surface area (Å²) in [5.41, 5.74) is 3.13. The molecule has 0 unspecified atom stereocenters. The van der Waals surface area contributed by atoms with Gasteiger partial charge in [0.1, 0.15) is 5.82 Å². The zero-order valence-corrected chi connectivity index (χ0v) is 13.4. The zero-order valence-electron chi connectivity index (χ0n) is 13.4. The van der Waals surface area contributed by atoms with Gasteiger partial charge in [-0.2, -0.15) is 0 Å². The topological polar surface area (TPSA) is 28.2 Å². The fourth-order valence-electron chi connectivity index (χ4n) is 3.98. The molecule has 1 aromatic rings. The van der Waals surface area contributed by atoms with Crippen LogP contribution in [0.3, 0.4) is 0 Å². The number of nitrogens with one attached hydrogen (secondary N) is 1. The Morgan fingerprint density at radius 3 is 2.90 bits per heavy atom. The molecule has 3 rings (SSSR count). The third-order valence-corrected chi connectivity index (χ3v) is 5.15. The van der Waals surface area contributed by atoms with Crippen molar-refractivity contribution in [3.05, 3.63) is 23.4 Å². The molecule has 0 aromatic carbocycles. The van der Waals surface area contributed by atoms with Gasteiger partial charge in [-0.3, -0.25) is 0 Å². The molecule has 0 bridgehead atoms. The first-order valence-electron chi connectivity index (χ1n) is 8.75. The van der Waals surface area contributed by atoms with Gasteiger partial charge < -0.3 is 10.2 Å². The summed E-state index contributed by atoms with van der Waals surface area (Å²) in [4.78, 5) is 7.18. The molecule has 2 heterocycles. The van der Waals surface area contributed by atoms with E-state index in [1.807, 2.05) is 13.2 Å². The molecule has 0 spiro atoms. The molecule has 116 valence electrons. The number of fused-ring (bicyclic) bond motifs is 1. The second-order valence-corrected chi connectivity index (χ2v) is 6.67. The van der Waals surface area contributed by atoms with Gasteiger partial charge in [-0.25, -0.2) is 4.98 Å². The molecule has 2 aliphatic rings. The Balaban J connectivity index is 1.75. The van der Waals surface area contributed by atoms with Crippen LogP contribution in [0.1, 0.15) is 49.7 Å². The molecule has 0 atom stereocenters. The number of nitrogens with zero attached hydrogens (tertiary/aromatic N) is 2. The minimum atomic E-state index is 0.915. The lowest BCUT2D eigenvalue weighted by atomic mass is 9.83. The largest absolute Gasteiger partial charge is 0.355 e. The summed E-state index contributed by atoms with van der Waals surface area (Å²) >= 11 is 0. The predicted molar refractivity (Wildman–Crippen MR) is 89.0 cm³/mol. The average Bonchev–Trinajstić information content (AvgIpc) is 2.54. The first-order chi connectivity index (χ1) is 10.4. The molecule has 3 heteroatoms. The van der Waals surface area contributed by atoms with Crippen molar-refractivity contribution in [3.8, 4) is 0 Å². The van der Waals surface area contributed by atoms with Crippen molar-refractivity contribution < 1.29 is 0 Å². The molecule has 0 radical (unpaired) electrons. The minimum Gasteiger partial charge on any atom is -0.355 e. The van der Waals surface area contributed by atoms with Crippen LogP contribution in [0.5, 0.6) is 0 Å². The highest BCUT2D eigenvalue weighted by Crippen LogP contribution is 2.32. The second kappa shape index (κ2) is 7.26. The predicted octanol–water partition coefficient (Wildman–Crippen LogP) is 3.18. The van der Waals surface area contributed by atoms with E-state index in [-0.39, 0.29) is 0 Å². The number of aromatic nitrogens is 1. The van der Waals surface area contributed by atoms with Crippen LogP contribution in [0, 0.1) is 5.92 Å². The molecule has 21 heavy (non-hydrogen) atoms. The monoisotopic (exact) mass is 287 g/mol. The summed E-state index contributed by atoms with van der Waals surface area (Å²) in [7, 11) is 2.03. The van der Waals surface area contributed by atoms with Gasteiger partial charge in [-0.05, 0) is 49.4 Å². The first-order valence-corrected chi connectivity index (χ1v) is 8.75. The van der Waals surface area contributed by atoms with Gasteiger partial charge in [0.15, 0.2) is 0 Å². The molecule has 1 N–H and O–H groups in total. The van der Waals surface area contributed by atoms with Crippen LogP contribution in [0.4, 0.5) is 5.82 Å². The fourth-order valence-corrected chi connectivity index (χ4v) is 3.98. The number of hydrogen-bond donors (Lipinski definition) is 1. The Kier molecular flexibility index (Phi) is 5.13. The third kappa shape index (κ3) is 3.57. The van der Waals surface area contributed by atoms with Gasteiger partial charge in [0, 0.05) is 25.8 Å². The van der Waals surface area contributed by atoms with Gasteiger partial charge in [-0.1, -0.05) is 32.1 Å². The van der Waals surface area contributed by atoms with E-state index in [2.05, 4.69) is 16.3 Å². The van der Waals surface area contributed by atoms with Crippen molar-refractivity contribution in [1.82, 2.24) is 10.3 Å². The van der Waals surface area contributed by atoms with Crippen molar-refractivity contribution in [2.45, 2.75) is 51.4 Å². The highest BCUT2D eigenvalue weighted by molar-refractivity contribution is 5.52. The summed E-state index contributed by atoms with van der Waals surface area (Å²) in [6, 6.07) is 2.29. The molecule has 1 saturated carbocycles. The van der Waals surface area contributed by atoms with E-state index < -0.39 is 0 Å². The fraction of sp³-hybridized carbons (Fsp3) is 0.722. The van der Waals surface area contributed by atoms with Gasteiger partial charge in [0.25, 0.3) is 0 Å². The SMILES string of the molecule is CNCCN1CCCc2c(CC3CCCCC3)ccnc21. The highest BCUT2D eigenvalue weighted by Gasteiger charge is 2.22. The minimum absolute atomic E-state index is 0.915. The van der Waals surface area contributed by atoms with Crippen molar-refractivity contribution in [2.24, 2.45) is 5.92 Å². The van der Waals surface area contributed by atoms with Crippen LogP contribution < -0.4 is 10.2 Å². The maximum absolute atomic E-state index is 4.71. The molecular formula is C18H29N3. The van der Waals surface area contributed by atoms with E-state index in [1.54, 1.807) is 11.1 Å². The quantitative estimate of drug-likeness (QED) is 0.901. The Morgan fingerprint density at radius 2 is 2.10 bits per heavy atom. The molecule has 1 aliphatic carbocycles. The molecule has 1 aromatic heterocycles. The van der Waals surface area contributed by atoms with Crippen LogP contribution in [-0.4, -0.2) is 31.7 Å². The van der Waals surface area contributed by atoms with E-state index >= 15 is 0 Å². The van der Waals surface area contributed by atoms with Crippen LogP contribution in [-0.2, 0) is 12.8 Å². The average molecular weight is 287 g/mol. The third-order valence-electron chi connectivity index (χ3n) is 5.15. The van der Waals surface area contributed by atoms with Crippen molar-refractivity contribution >= 4 is 5.82 Å². The van der Waals surface area contributed by atoms with E-state index in [1.165, 1.54) is 57.2 Å². The van der Waals surface area contributed by atoms with E-state index in [4.69, 9.17) is 4.98 Å². The van der Waals surface area contributed by atoms with Gasteiger partial charge in [0.2, 0.25) is 0 Å². The Bertz CT molecular complexity index is 452. The number of hydrogen-bond acceptors (Lipinski definition) is 3. The lowest BCUT2D eigenvalue weighted by molar-refractivity contribution is 0.356. The maximum atomic E-state index is 4.71. The molecule has 0 amide bonds. The van der Waals surface area contributed by atoms with Crippen LogP contribution in [0.25, 0.3) is 0 Å². The standard InChI is InChI=1S/C18H29N3/c1-19-11-13-21-12-5-8-17-16(9-10-20-18(17)21)14-15-6-3-2-4-7-15/h9-10,15,19H,2-8,11-14H2,1H3. The molecule has 1 aliphatic heterocycles. The number of rotatable bonds is 5. The summed E-state index contributed by atoms with van der Waals surface area (Å²) in [5.74, 6) is 2.18.